The second kappa shape index (κ2) is 4.43. The molecule has 1 aromatic heterocycles. The van der Waals surface area contributed by atoms with Crippen LogP contribution in [-0.4, -0.2) is 11.0 Å². The van der Waals surface area contributed by atoms with Crippen LogP contribution in [0, 0.1) is 11.3 Å². The minimum absolute atomic E-state index is 0.526. The molecule has 74 valence electrons. The van der Waals surface area contributed by atoms with Crippen LogP contribution in [0.25, 0.3) is 0 Å². The number of aromatic nitrogens is 1. The Morgan fingerprint density at radius 3 is 2.93 bits per heavy atom. The highest BCUT2D eigenvalue weighted by molar-refractivity contribution is 7.10. The van der Waals surface area contributed by atoms with Gasteiger partial charge < -0.3 is 5.32 Å². The predicted molar refractivity (Wildman–Crippen MR) is 57.3 cm³/mol. The number of nitriles is 1. The van der Waals surface area contributed by atoms with Crippen molar-refractivity contribution in [2.75, 3.05) is 5.32 Å². The Bertz CT molecular complexity index is 333. The third kappa shape index (κ3) is 2.05. The summed E-state index contributed by atoms with van der Waals surface area (Å²) in [4.78, 5) is 4.87. The summed E-state index contributed by atoms with van der Waals surface area (Å²) in [6.07, 6.45) is 6.36. The zero-order chi connectivity index (χ0) is 9.80. The van der Waals surface area contributed by atoms with Crippen LogP contribution in [0.4, 0.5) is 5.82 Å². The van der Waals surface area contributed by atoms with Crippen LogP contribution in [0.2, 0.25) is 0 Å². The number of hydrogen-bond acceptors (Lipinski definition) is 4. The zero-order valence-corrected chi connectivity index (χ0v) is 8.81. The van der Waals surface area contributed by atoms with Crippen LogP contribution in [0.15, 0.2) is 5.51 Å². The Balaban J connectivity index is 1.99. The highest BCUT2D eigenvalue weighted by atomic mass is 32.1. The van der Waals surface area contributed by atoms with E-state index in [1.165, 1.54) is 43.4 Å². The fraction of sp³-hybridized carbons (Fsp3) is 0.600. The van der Waals surface area contributed by atoms with Crippen LogP contribution in [0.5, 0.6) is 0 Å². The maximum absolute atomic E-state index is 8.82. The summed E-state index contributed by atoms with van der Waals surface area (Å²) < 4.78 is 0. The van der Waals surface area contributed by atoms with Gasteiger partial charge in [0.15, 0.2) is 5.82 Å². The molecule has 4 heteroatoms. The molecule has 1 aromatic rings. The molecule has 1 aliphatic rings. The normalized spacial score (nSPS) is 17.6. The first kappa shape index (κ1) is 9.47. The molecule has 1 saturated carbocycles. The first-order chi connectivity index (χ1) is 6.90. The Labute approximate surface area is 87.8 Å². The second-order valence-electron chi connectivity index (χ2n) is 3.62. The van der Waals surface area contributed by atoms with Crippen molar-refractivity contribution in [3.05, 3.63) is 10.4 Å². The molecular weight excluding hydrogens is 194 g/mol. The Morgan fingerprint density at radius 2 is 2.21 bits per heavy atom. The SMILES string of the molecule is N#Cc1scnc1NC1CCCCC1. The molecule has 0 saturated heterocycles. The monoisotopic (exact) mass is 207 g/mol. The number of nitrogens with zero attached hydrogens (tertiary/aromatic N) is 2. The van der Waals surface area contributed by atoms with E-state index < -0.39 is 0 Å². The van der Waals surface area contributed by atoms with Crippen molar-refractivity contribution in [1.82, 2.24) is 4.98 Å². The standard InChI is InChI=1S/C10H13N3S/c11-6-9-10(12-7-14-9)13-8-4-2-1-3-5-8/h7-8,13H,1-5H2. The fourth-order valence-electron chi connectivity index (χ4n) is 1.87. The van der Waals surface area contributed by atoms with Crippen molar-refractivity contribution < 1.29 is 0 Å². The predicted octanol–water partition coefficient (Wildman–Crippen LogP) is 2.76. The largest absolute Gasteiger partial charge is 0.366 e. The summed E-state index contributed by atoms with van der Waals surface area (Å²) in [5, 5.41) is 12.2. The van der Waals surface area contributed by atoms with E-state index in [0.717, 1.165) is 5.82 Å². The molecule has 0 bridgehead atoms. The van der Waals surface area contributed by atoms with Gasteiger partial charge in [-0.05, 0) is 12.8 Å². The van der Waals surface area contributed by atoms with Gasteiger partial charge in [0.2, 0.25) is 0 Å². The zero-order valence-electron chi connectivity index (χ0n) is 7.99. The van der Waals surface area contributed by atoms with E-state index >= 15 is 0 Å². The highest BCUT2D eigenvalue weighted by Gasteiger charge is 2.15. The van der Waals surface area contributed by atoms with E-state index in [9.17, 15) is 0 Å². The quantitative estimate of drug-likeness (QED) is 0.811. The minimum Gasteiger partial charge on any atom is -0.366 e. The van der Waals surface area contributed by atoms with E-state index in [1.807, 2.05) is 0 Å². The van der Waals surface area contributed by atoms with Crippen LogP contribution >= 0.6 is 11.3 Å². The van der Waals surface area contributed by atoms with Gasteiger partial charge in [0.1, 0.15) is 10.9 Å². The van der Waals surface area contributed by atoms with E-state index in [4.69, 9.17) is 5.26 Å². The third-order valence-electron chi connectivity index (χ3n) is 2.61. The summed E-state index contributed by atoms with van der Waals surface area (Å²) in [5.41, 5.74) is 1.73. The second-order valence-corrected chi connectivity index (χ2v) is 4.48. The lowest BCUT2D eigenvalue weighted by atomic mass is 9.95. The number of rotatable bonds is 2. The van der Waals surface area contributed by atoms with Crippen LogP contribution < -0.4 is 5.32 Å². The first-order valence-electron chi connectivity index (χ1n) is 5.00. The molecule has 1 aliphatic carbocycles. The van der Waals surface area contributed by atoms with Gasteiger partial charge in [0.25, 0.3) is 0 Å². The number of hydrogen-bond donors (Lipinski definition) is 1. The van der Waals surface area contributed by atoms with E-state index in [2.05, 4.69) is 16.4 Å². The Morgan fingerprint density at radius 1 is 1.43 bits per heavy atom. The molecule has 0 amide bonds. The smallest absolute Gasteiger partial charge is 0.155 e. The molecule has 0 spiro atoms. The molecule has 0 radical (unpaired) electrons. The summed E-state index contributed by atoms with van der Waals surface area (Å²) in [5.74, 6) is 0.782. The van der Waals surface area contributed by atoms with Crippen LogP contribution in [0.1, 0.15) is 37.0 Å². The topological polar surface area (TPSA) is 48.7 Å². The van der Waals surface area contributed by atoms with Crippen molar-refractivity contribution >= 4 is 17.2 Å². The van der Waals surface area contributed by atoms with Gasteiger partial charge in [-0.25, -0.2) is 4.98 Å². The van der Waals surface area contributed by atoms with Gasteiger partial charge in [-0.15, -0.1) is 11.3 Å². The molecule has 0 unspecified atom stereocenters. The average Bonchev–Trinajstić information content (AvgIpc) is 2.67. The lowest BCUT2D eigenvalue weighted by molar-refractivity contribution is 0.462. The van der Waals surface area contributed by atoms with Crippen molar-refractivity contribution in [3.8, 4) is 6.07 Å². The molecule has 3 nitrogen and oxygen atoms in total. The molecule has 0 aromatic carbocycles. The molecule has 2 rings (SSSR count). The molecule has 1 heterocycles. The molecule has 1 N–H and O–H groups in total. The van der Waals surface area contributed by atoms with Gasteiger partial charge in [-0.2, -0.15) is 5.26 Å². The van der Waals surface area contributed by atoms with Crippen LogP contribution in [-0.2, 0) is 0 Å². The lowest BCUT2D eigenvalue weighted by Gasteiger charge is -2.22. The van der Waals surface area contributed by atoms with Gasteiger partial charge in [-0.3, -0.25) is 0 Å². The maximum Gasteiger partial charge on any atom is 0.155 e. The molecule has 14 heavy (non-hydrogen) atoms. The molecule has 0 aliphatic heterocycles. The van der Waals surface area contributed by atoms with Gasteiger partial charge in [-0.1, -0.05) is 19.3 Å². The van der Waals surface area contributed by atoms with Gasteiger partial charge >= 0.3 is 0 Å². The Hall–Kier alpha value is -1.08. The number of nitrogens with one attached hydrogen (secondary N) is 1. The van der Waals surface area contributed by atoms with Crippen LogP contribution in [0.3, 0.4) is 0 Å². The summed E-state index contributed by atoms with van der Waals surface area (Å²) in [6.45, 7) is 0. The number of anilines is 1. The van der Waals surface area contributed by atoms with Crippen molar-refractivity contribution in [1.29, 1.82) is 5.26 Å². The van der Waals surface area contributed by atoms with Gasteiger partial charge in [0, 0.05) is 6.04 Å². The third-order valence-corrected chi connectivity index (χ3v) is 3.35. The molecule has 0 atom stereocenters. The maximum atomic E-state index is 8.82. The van der Waals surface area contributed by atoms with Crippen molar-refractivity contribution in [2.24, 2.45) is 0 Å². The van der Waals surface area contributed by atoms with Crippen molar-refractivity contribution in [3.63, 3.8) is 0 Å². The Kier molecular flexibility index (Phi) is 3.00. The summed E-state index contributed by atoms with van der Waals surface area (Å²) in [6, 6.07) is 2.68. The van der Waals surface area contributed by atoms with E-state index in [0.29, 0.717) is 10.9 Å². The highest BCUT2D eigenvalue weighted by Crippen LogP contribution is 2.24. The first-order valence-corrected chi connectivity index (χ1v) is 5.88. The van der Waals surface area contributed by atoms with E-state index in [1.54, 1.807) is 5.51 Å². The lowest BCUT2D eigenvalue weighted by Crippen LogP contribution is -2.22. The van der Waals surface area contributed by atoms with Crippen molar-refractivity contribution in [2.45, 2.75) is 38.1 Å². The van der Waals surface area contributed by atoms with Gasteiger partial charge in [0.05, 0.1) is 5.51 Å². The fourth-order valence-corrected chi connectivity index (χ4v) is 2.41. The molecular formula is C10H13N3S. The van der Waals surface area contributed by atoms with E-state index in [-0.39, 0.29) is 0 Å². The molecule has 1 fully saturated rings. The number of thiazole rings is 1. The average molecular weight is 207 g/mol. The summed E-state index contributed by atoms with van der Waals surface area (Å²) in [7, 11) is 0. The summed E-state index contributed by atoms with van der Waals surface area (Å²) >= 11 is 1.40. The minimum atomic E-state index is 0.526.